The molecule has 3 heterocycles. The van der Waals surface area contributed by atoms with Crippen molar-refractivity contribution in [2.75, 3.05) is 5.32 Å². The van der Waals surface area contributed by atoms with Crippen molar-refractivity contribution in [1.82, 2.24) is 9.47 Å². The topological polar surface area (TPSA) is 37.3 Å². The highest BCUT2D eigenvalue weighted by Crippen LogP contribution is 2.44. The number of para-hydroxylation sites is 1. The van der Waals surface area contributed by atoms with E-state index in [-0.39, 0.29) is 11.5 Å². The first kappa shape index (κ1) is 21.1. The summed E-state index contributed by atoms with van der Waals surface area (Å²) in [5, 5.41) is 3.92. The molecule has 0 spiro atoms. The molecule has 1 atom stereocenters. The van der Waals surface area contributed by atoms with Gasteiger partial charge in [0.15, 0.2) is 0 Å². The van der Waals surface area contributed by atoms with E-state index in [0.717, 1.165) is 41.1 Å². The quantitative estimate of drug-likeness (QED) is 0.339. The lowest BCUT2D eigenvalue weighted by Crippen LogP contribution is -2.38. The second-order valence-electron chi connectivity index (χ2n) is 8.79. The summed E-state index contributed by atoms with van der Waals surface area (Å²) in [6.45, 7) is 0.394. The summed E-state index contributed by atoms with van der Waals surface area (Å²) in [7, 11) is 0. The second-order valence-corrected chi connectivity index (χ2v) is 9.87. The van der Waals surface area contributed by atoms with Crippen LogP contribution in [-0.2, 0) is 19.4 Å². The first-order chi connectivity index (χ1) is 16.6. The predicted octanol–water partition coefficient (Wildman–Crippen LogP) is 6.83. The molecule has 2 aromatic heterocycles. The van der Waals surface area contributed by atoms with Gasteiger partial charge in [0.1, 0.15) is 16.6 Å². The van der Waals surface area contributed by atoms with E-state index in [1.54, 1.807) is 46.6 Å². The van der Waals surface area contributed by atoms with Gasteiger partial charge in [-0.05, 0) is 73.2 Å². The van der Waals surface area contributed by atoms with Gasteiger partial charge < -0.3 is 14.8 Å². The highest BCUT2D eigenvalue weighted by atomic mass is 32.1. The summed E-state index contributed by atoms with van der Waals surface area (Å²) in [4.78, 5) is 16.9. The molecule has 4 aromatic rings. The Morgan fingerprint density at radius 1 is 0.941 bits per heavy atom. The summed E-state index contributed by atoms with van der Waals surface area (Å²) in [5.41, 5.74) is 4.36. The molecular formula is C27H23F2N3OS. The lowest BCUT2D eigenvalue weighted by Gasteiger charge is -2.31. The van der Waals surface area contributed by atoms with Crippen molar-refractivity contribution in [3.05, 3.63) is 106 Å². The Morgan fingerprint density at radius 3 is 2.56 bits per heavy atom. The van der Waals surface area contributed by atoms with E-state index in [9.17, 15) is 13.6 Å². The molecule has 0 unspecified atom stereocenters. The number of fused-ring (bicyclic) bond motifs is 5. The number of carbonyl (C=O) groups is 1. The number of anilines is 1. The number of rotatable bonds is 2. The van der Waals surface area contributed by atoms with Crippen LogP contribution in [0.2, 0.25) is 0 Å². The molecule has 7 heteroatoms. The van der Waals surface area contributed by atoms with Gasteiger partial charge in [-0.2, -0.15) is 0 Å². The fourth-order valence-electron chi connectivity index (χ4n) is 5.13. The molecule has 1 aliphatic carbocycles. The highest BCUT2D eigenvalue weighted by molar-refractivity contribution is 7.15. The van der Waals surface area contributed by atoms with Crippen molar-refractivity contribution in [2.24, 2.45) is 0 Å². The van der Waals surface area contributed by atoms with E-state index in [2.05, 4.69) is 9.88 Å². The Kier molecular flexibility index (Phi) is 5.21. The molecule has 2 aromatic carbocycles. The van der Waals surface area contributed by atoms with E-state index in [4.69, 9.17) is 0 Å². The van der Waals surface area contributed by atoms with Crippen LogP contribution >= 0.6 is 11.3 Å². The van der Waals surface area contributed by atoms with Crippen molar-refractivity contribution in [2.45, 2.75) is 38.3 Å². The van der Waals surface area contributed by atoms with Crippen LogP contribution in [0.15, 0.2) is 66.9 Å². The van der Waals surface area contributed by atoms with E-state index >= 15 is 0 Å². The van der Waals surface area contributed by atoms with Gasteiger partial charge >= 0.3 is 6.03 Å². The number of aromatic nitrogens is 1. The van der Waals surface area contributed by atoms with E-state index in [1.807, 2.05) is 18.3 Å². The van der Waals surface area contributed by atoms with Gasteiger partial charge in [-0.3, -0.25) is 0 Å². The van der Waals surface area contributed by atoms with E-state index in [1.165, 1.54) is 35.1 Å². The van der Waals surface area contributed by atoms with Crippen molar-refractivity contribution < 1.29 is 13.6 Å². The predicted molar refractivity (Wildman–Crippen MR) is 129 cm³/mol. The van der Waals surface area contributed by atoms with Gasteiger partial charge in [-0.25, -0.2) is 13.6 Å². The zero-order valence-corrected chi connectivity index (χ0v) is 19.2. The van der Waals surface area contributed by atoms with Crippen molar-refractivity contribution in [3.63, 3.8) is 0 Å². The summed E-state index contributed by atoms with van der Waals surface area (Å²) in [6.07, 6.45) is 6.41. The third kappa shape index (κ3) is 3.51. The van der Waals surface area contributed by atoms with Crippen LogP contribution < -0.4 is 5.32 Å². The molecule has 0 fully saturated rings. The second kappa shape index (κ2) is 8.40. The van der Waals surface area contributed by atoms with Gasteiger partial charge in [-0.15, -0.1) is 11.3 Å². The summed E-state index contributed by atoms with van der Waals surface area (Å²) in [6, 6.07) is 15.6. The first-order valence-electron chi connectivity index (χ1n) is 11.5. The molecule has 1 N–H and O–H groups in total. The molecule has 34 heavy (non-hydrogen) atoms. The maximum atomic E-state index is 14.4. The Labute approximate surface area is 200 Å². The Balaban J connectivity index is 1.51. The van der Waals surface area contributed by atoms with Gasteiger partial charge in [0.2, 0.25) is 0 Å². The molecule has 1 aliphatic heterocycles. The van der Waals surface area contributed by atoms with Gasteiger partial charge in [-0.1, -0.05) is 24.3 Å². The number of benzene rings is 2. The number of carbonyl (C=O) groups excluding carboxylic acids is 1. The average Bonchev–Trinajstić information content (AvgIpc) is 3.43. The largest absolute Gasteiger partial charge is 0.323 e. The molecule has 6 rings (SSSR count). The molecule has 2 aliphatic rings. The fourth-order valence-corrected chi connectivity index (χ4v) is 6.54. The molecule has 0 saturated heterocycles. The number of hydrogen-bond acceptors (Lipinski definition) is 2. The van der Waals surface area contributed by atoms with E-state index < -0.39 is 17.9 Å². The summed E-state index contributed by atoms with van der Waals surface area (Å²) < 4.78 is 30.3. The Morgan fingerprint density at radius 2 is 1.74 bits per heavy atom. The molecule has 2 amide bonds. The fraction of sp³-hybridized carbons (Fsp3) is 0.222. The van der Waals surface area contributed by atoms with Gasteiger partial charge in [0.05, 0.1) is 24.0 Å². The van der Waals surface area contributed by atoms with E-state index in [0.29, 0.717) is 6.54 Å². The van der Waals surface area contributed by atoms with Crippen molar-refractivity contribution >= 4 is 23.1 Å². The van der Waals surface area contributed by atoms with Crippen molar-refractivity contribution in [3.8, 4) is 5.00 Å². The standard InChI is InChI=1S/C27H23F2N3OS/c28-18-13-11-17(12-14-18)25-23-9-5-15-31(23)26-20(19-6-1-4-10-24(19)34-26)16-32(25)27(33)30-22-8-3-2-7-21(22)29/h2-3,5,7-9,11-15,25H,1,4,6,10,16H2,(H,30,33)/t25-/m1/s1. The number of urea groups is 1. The van der Waals surface area contributed by atoms with Crippen LogP contribution in [0.4, 0.5) is 19.3 Å². The normalized spacial score (nSPS) is 16.9. The number of halogens is 2. The number of aryl methyl sites for hydroxylation is 1. The maximum Gasteiger partial charge on any atom is 0.323 e. The molecule has 172 valence electrons. The summed E-state index contributed by atoms with van der Waals surface area (Å²) in [5.74, 6) is -0.815. The SMILES string of the molecule is O=C(Nc1ccccc1F)N1Cc2c(sc3c2CCCC3)-n2cccc2[C@H]1c1ccc(F)cc1. The zero-order valence-electron chi connectivity index (χ0n) is 18.4. The van der Waals surface area contributed by atoms with Gasteiger partial charge in [0, 0.05) is 16.6 Å². The van der Waals surface area contributed by atoms with Crippen LogP contribution in [0.25, 0.3) is 5.00 Å². The first-order valence-corrected chi connectivity index (χ1v) is 12.3. The van der Waals surface area contributed by atoms with Gasteiger partial charge in [0.25, 0.3) is 0 Å². The molecule has 0 radical (unpaired) electrons. The highest BCUT2D eigenvalue weighted by Gasteiger charge is 2.36. The average molecular weight is 476 g/mol. The van der Waals surface area contributed by atoms with Crippen LogP contribution in [-0.4, -0.2) is 15.5 Å². The third-order valence-electron chi connectivity index (χ3n) is 6.74. The number of amides is 2. The number of nitrogens with zero attached hydrogens (tertiary/aromatic N) is 2. The van der Waals surface area contributed by atoms with Crippen LogP contribution in [0.5, 0.6) is 0 Å². The molecule has 0 bridgehead atoms. The third-order valence-corrected chi connectivity index (χ3v) is 8.07. The monoisotopic (exact) mass is 475 g/mol. The Hall–Kier alpha value is -3.45. The number of nitrogens with one attached hydrogen (secondary N) is 1. The molecular weight excluding hydrogens is 452 g/mol. The lowest BCUT2D eigenvalue weighted by atomic mass is 9.95. The van der Waals surface area contributed by atoms with Crippen LogP contribution in [0.3, 0.4) is 0 Å². The molecule has 0 saturated carbocycles. The summed E-state index contributed by atoms with van der Waals surface area (Å²) >= 11 is 1.80. The van der Waals surface area contributed by atoms with Crippen LogP contribution in [0, 0.1) is 11.6 Å². The van der Waals surface area contributed by atoms with Crippen LogP contribution in [0.1, 0.15) is 46.1 Å². The zero-order chi connectivity index (χ0) is 23.2. The Bertz CT molecular complexity index is 1380. The minimum Gasteiger partial charge on any atom is -0.310 e. The smallest absolute Gasteiger partial charge is 0.310 e. The minimum absolute atomic E-state index is 0.137. The molecule has 4 nitrogen and oxygen atoms in total. The number of thiophene rings is 1. The maximum absolute atomic E-state index is 14.4. The minimum atomic E-state index is -0.485. The number of hydrogen-bond donors (Lipinski definition) is 1. The lowest BCUT2D eigenvalue weighted by molar-refractivity contribution is 0.194. The van der Waals surface area contributed by atoms with Crippen molar-refractivity contribution in [1.29, 1.82) is 0 Å².